The molecular weight excluding hydrogens is 328 g/mol. The minimum Gasteiger partial charge on any atom is -0.494 e. The van der Waals surface area contributed by atoms with E-state index in [4.69, 9.17) is 9.26 Å². The van der Waals surface area contributed by atoms with E-state index in [0.29, 0.717) is 24.0 Å². The van der Waals surface area contributed by atoms with Gasteiger partial charge in [0, 0.05) is 23.6 Å². The van der Waals surface area contributed by atoms with E-state index in [-0.39, 0.29) is 11.9 Å². The van der Waals surface area contributed by atoms with Crippen LogP contribution < -0.4 is 10.1 Å². The Labute approximate surface area is 152 Å². The normalized spacial score (nSPS) is 18.3. The van der Waals surface area contributed by atoms with Crippen molar-refractivity contribution in [2.24, 2.45) is 0 Å². The lowest BCUT2D eigenvalue weighted by atomic mass is 10.1. The van der Waals surface area contributed by atoms with E-state index in [1.54, 1.807) is 6.07 Å². The lowest BCUT2D eigenvalue weighted by molar-refractivity contribution is 0.0941. The highest BCUT2D eigenvalue weighted by Crippen LogP contribution is 2.41. The Hall–Kier alpha value is -3.08. The standard InChI is InChI=1S/C21H20N2O3/c1-2-25-16-10-6-9-15(11-16)17-12-18(17)22-21(24)19-13-20(26-23-19)14-7-4-3-5-8-14/h3-11,13,17-18H,2,12H2,1H3,(H,22,24)/t17-,18+/m1/s1. The quantitative estimate of drug-likeness (QED) is 0.730. The molecule has 132 valence electrons. The molecule has 1 heterocycles. The largest absolute Gasteiger partial charge is 0.494 e. The summed E-state index contributed by atoms with van der Waals surface area (Å²) in [6.07, 6.45) is 0.921. The van der Waals surface area contributed by atoms with Crippen LogP contribution in [0.4, 0.5) is 0 Å². The minimum absolute atomic E-state index is 0.122. The highest BCUT2D eigenvalue weighted by atomic mass is 16.5. The number of nitrogens with zero attached hydrogens (tertiary/aromatic N) is 1. The van der Waals surface area contributed by atoms with Gasteiger partial charge in [-0.15, -0.1) is 0 Å². The maximum Gasteiger partial charge on any atom is 0.273 e. The van der Waals surface area contributed by atoms with Gasteiger partial charge in [-0.1, -0.05) is 47.6 Å². The highest BCUT2D eigenvalue weighted by Gasteiger charge is 2.40. The van der Waals surface area contributed by atoms with Crippen LogP contribution in [0.15, 0.2) is 65.2 Å². The number of hydrogen-bond acceptors (Lipinski definition) is 4. The summed E-state index contributed by atoms with van der Waals surface area (Å²) in [4.78, 5) is 12.4. The molecule has 26 heavy (non-hydrogen) atoms. The van der Waals surface area contributed by atoms with Gasteiger partial charge in [0.15, 0.2) is 11.5 Å². The first-order chi connectivity index (χ1) is 12.7. The molecule has 1 fully saturated rings. The van der Waals surface area contributed by atoms with Crippen LogP contribution in [0.1, 0.15) is 35.3 Å². The van der Waals surface area contributed by atoms with Crippen molar-refractivity contribution < 1.29 is 14.1 Å². The van der Waals surface area contributed by atoms with Gasteiger partial charge in [-0.2, -0.15) is 0 Å². The predicted octanol–water partition coefficient (Wildman–Crippen LogP) is 4.03. The summed E-state index contributed by atoms with van der Waals surface area (Å²) in [5.41, 5.74) is 2.39. The smallest absolute Gasteiger partial charge is 0.273 e. The van der Waals surface area contributed by atoms with E-state index >= 15 is 0 Å². The number of benzene rings is 2. The number of hydrogen-bond donors (Lipinski definition) is 1. The topological polar surface area (TPSA) is 64.4 Å². The van der Waals surface area contributed by atoms with Crippen molar-refractivity contribution in [3.63, 3.8) is 0 Å². The molecule has 0 radical (unpaired) electrons. The van der Waals surface area contributed by atoms with Gasteiger partial charge in [-0.05, 0) is 31.0 Å². The minimum atomic E-state index is -0.204. The molecule has 0 spiro atoms. The van der Waals surface area contributed by atoms with Crippen LogP contribution in [0.3, 0.4) is 0 Å². The Bertz CT molecular complexity index is 904. The van der Waals surface area contributed by atoms with Crippen LogP contribution in [-0.2, 0) is 0 Å². The van der Waals surface area contributed by atoms with Gasteiger partial charge in [0.05, 0.1) is 6.61 Å². The number of nitrogens with one attached hydrogen (secondary N) is 1. The molecule has 1 saturated carbocycles. The average molecular weight is 348 g/mol. The number of ether oxygens (including phenoxy) is 1. The maximum atomic E-state index is 12.4. The van der Waals surface area contributed by atoms with E-state index < -0.39 is 0 Å². The molecule has 3 aromatic rings. The zero-order valence-electron chi connectivity index (χ0n) is 14.5. The van der Waals surface area contributed by atoms with Gasteiger partial charge < -0.3 is 14.6 Å². The number of rotatable bonds is 6. The van der Waals surface area contributed by atoms with Gasteiger partial charge in [0.25, 0.3) is 5.91 Å². The molecule has 5 heteroatoms. The molecule has 0 saturated heterocycles. The number of aromatic nitrogens is 1. The summed E-state index contributed by atoms with van der Waals surface area (Å²) < 4.78 is 10.8. The van der Waals surface area contributed by atoms with Gasteiger partial charge >= 0.3 is 0 Å². The number of carbonyl (C=O) groups is 1. The third kappa shape index (κ3) is 3.47. The Balaban J connectivity index is 1.39. The highest BCUT2D eigenvalue weighted by molar-refractivity contribution is 5.93. The third-order valence-corrected chi connectivity index (χ3v) is 4.51. The van der Waals surface area contributed by atoms with Crippen molar-refractivity contribution in [1.29, 1.82) is 0 Å². The molecule has 0 aliphatic heterocycles. The van der Waals surface area contributed by atoms with Gasteiger partial charge in [0.2, 0.25) is 0 Å². The van der Waals surface area contributed by atoms with Crippen molar-refractivity contribution in [2.45, 2.75) is 25.3 Å². The molecule has 2 aromatic carbocycles. The molecule has 4 rings (SSSR count). The maximum absolute atomic E-state index is 12.4. The Morgan fingerprint density at radius 2 is 2.04 bits per heavy atom. The monoisotopic (exact) mass is 348 g/mol. The van der Waals surface area contributed by atoms with E-state index in [9.17, 15) is 4.79 Å². The van der Waals surface area contributed by atoms with Crippen LogP contribution >= 0.6 is 0 Å². The lowest BCUT2D eigenvalue weighted by Crippen LogP contribution is -2.26. The first-order valence-corrected chi connectivity index (χ1v) is 8.80. The molecule has 1 aliphatic carbocycles. The zero-order valence-corrected chi connectivity index (χ0v) is 14.5. The SMILES string of the molecule is CCOc1cccc([C@H]2C[C@@H]2NC(=O)c2cc(-c3ccccc3)on2)c1. The van der Waals surface area contributed by atoms with E-state index in [1.807, 2.05) is 55.5 Å². The summed E-state index contributed by atoms with van der Waals surface area (Å²) in [7, 11) is 0. The lowest BCUT2D eigenvalue weighted by Gasteiger charge is -2.06. The molecule has 1 N–H and O–H groups in total. The van der Waals surface area contributed by atoms with Crippen LogP contribution in [-0.4, -0.2) is 23.7 Å². The predicted molar refractivity (Wildman–Crippen MR) is 98.2 cm³/mol. The molecule has 1 aliphatic rings. The summed E-state index contributed by atoms with van der Waals surface area (Å²) in [6.45, 7) is 2.61. The van der Waals surface area contributed by atoms with Crippen molar-refractivity contribution in [3.8, 4) is 17.1 Å². The van der Waals surface area contributed by atoms with Crippen molar-refractivity contribution >= 4 is 5.91 Å². The van der Waals surface area contributed by atoms with Gasteiger partial charge in [-0.25, -0.2) is 0 Å². The first kappa shape index (κ1) is 16.4. The third-order valence-electron chi connectivity index (χ3n) is 4.51. The first-order valence-electron chi connectivity index (χ1n) is 8.80. The van der Waals surface area contributed by atoms with Crippen LogP contribution in [0.5, 0.6) is 5.75 Å². The molecule has 0 bridgehead atoms. The number of carbonyl (C=O) groups excluding carboxylic acids is 1. The van der Waals surface area contributed by atoms with Crippen molar-refractivity contribution in [1.82, 2.24) is 10.5 Å². The van der Waals surface area contributed by atoms with E-state index in [1.165, 1.54) is 5.56 Å². The fourth-order valence-corrected chi connectivity index (χ4v) is 3.09. The molecule has 2 atom stereocenters. The van der Waals surface area contributed by atoms with Crippen LogP contribution in [0.2, 0.25) is 0 Å². The second kappa shape index (κ2) is 7.04. The summed E-state index contributed by atoms with van der Waals surface area (Å²) in [5.74, 6) is 1.57. The zero-order chi connectivity index (χ0) is 17.9. The summed E-state index contributed by atoms with van der Waals surface area (Å²) >= 11 is 0. The Kier molecular flexibility index (Phi) is 4.44. The fourth-order valence-electron chi connectivity index (χ4n) is 3.09. The Morgan fingerprint density at radius 3 is 2.85 bits per heavy atom. The Morgan fingerprint density at radius 1 is 1.19 bits per heavy atom. The molecule has 1 aromatic heterocycles. The number of amides is 1. The second-order valence-electron chi connectivity index (χ2n) is 6.37. The molecule has 0 unspecified atom stereocenters. The van der Waals surface area contributed by atoms with Gasteiger partial charge in [0.1, 0.15) is 5.75 Å². The van der Waals surface area contributed by atoms with E-state index in [2.05, 4.69) is 16.5 Å². The molecule has 1 amide bonds. The molecule has 5 nitrogen and oxygen atoms in total. The van der Waals surface area contributed by atoms with Crippen molar-refractivity contribution in [2.75, 3.05) is 6.61 Å². The molecular formula is C21H20N2O3. The van der Waals surface area contributed by atoms with Crippen LogP contribution in [0.25, 0.3) is 11.3 Å². The fraction of sp³-hybridized carbons (Fsp3) is 0.238. The van der Waals surface area contributed by atoms with E-state index in [0.717, 1.165) is 17.7 Å². The van der Waals surface area contributed by atoms with Crippen molar-refractivity contribution in [3.05, 3.63) is 71.9 Å². The summed E-state index contributed by atoms with van der Waals surface area (Å²) in [6, 6.07) is 19.5. The van der Waals surface area contributed by atoms with Gasteiger partial charge in [-0.3, -0.25) is 4.79 Å². The van der Waals surface area contributed by atoms with Crippen LogP contribution in [0, 0.1) is 0 Å². The summed E-state index contributed by atoms with van der Waals surface area (Å²) in [5, 5.41) is 6.94. The average Bonchev–Trinajstić information content (AvgIpc) is 3.25. The second-order valence-corrected chi connectivity index (χ2v) is 6.37.